The largest absolute Gasteiger partial charge is 0.478 e. The van der Waals surface area contributed by atoms with E-state index in [0.29, 0.717) is 10.7 Å². The van der Waals surface area contributed by atoms with Gasteiger partial charge in [-0.3, -0.25) is 10.1 Å². The van der Waals surface area contributed by atoms with E-state index in [4.69, 9.17) is 16.7 Å². The normalized spacial score (nSPS) is 10.2. The Bertz CT molecular complexity index is 731. The zero-order valence-electron chi connectivity index (χ0n) is 11.0. The highest BCUT2D eigenvalue weighted by molar-refractivity contribution is 6.31. The van der Waals surface area contributed by atoms with Crippen LogP contribution in [0.4, 0.5) is 17.1 Å². The molecule has 0 aromatic heterocycles. The van der Waals surface area contributed by atoms with Crippen molar-refractivity contribution in [1.82, 2.24) is 0 Å². The number of anilines is 2. The second-order valence-electron chi connectivity index (χ2n) is 4.33. The molecule has 2 aromatic rings. The highest BCUT2D eigenvalue weighted by atomic mass is 35.5. The van der Waals surface area contributed by atoms with Crippen LogP contribution in [-0.4, -0.2) is 16.0 Å². The molecule has 0 amide bonds. The van der Waals surface area contributed by atoms with Gasteiger partial charge in [0.2, 0.25) is 0 Å². The molecule has 0 aliphatic rings. The lowest BCUT2D eigenvalue weighted by atomic mass is 10.1. The Morgan fingerprint density at radius 3 is 2.62 bits per heavy atom. The number of halogens is 1. The molecule has 0 atom stereocenters. The van der Waals surface area contributed by atoms with Gasteiger partial charge in [0.15, 0.2) is 0 Å². The minimum Gasteiger partial charge on any atom is -0.478 e. The molecule has 21 heavy (non-hydrogen) atoms. The van der Waals surface area contributed by atoms with E-state index in [9.17, 15) is 14.9 Å². The second-order valence-corrected chi connectivity index (χ2v) is 4.74. The van der Waals surface area contributed by atoms with Crippen molar-refractivity contribution >= 4 is 34.6 Å². The van der Waals surface area contributed by atoms with E-state index >= 15 is 0 Å². The van der Waals surface area contributed by atoms with Crippen LogP contribution in [-0.2, 0) is 0 Å². The van der Waals surface area contributed by atoms with Gasteiger partial charge < -0.3 is 10.4 Å². The standard InChI is InChI=1S/C14H11ClN2O4/c1-8-10(15)3-2-4-11(8)16-12-6-5-9(14(18)19)7-13(12)17(20)21/h2-7,16H,1H3,(H,18,19). The van der Waals surface area contributed by atoms with Crippen molar-refractivity contribution in [2.24, 2.45) is 0 Å². The smallest absolute Gasteiger partial charge is 0.335 e. The predicted molar refractivity (Wildman–Crippen MR) is 79.5 cm³/mol. The van der Waals surface area contributed by atoms with Crippen molar-refractivity contribution in [3.63, 3.8) is 0 Å². The Morgan fingerprint density at radius 1 is 1.29 bits per heavy atom. The summed E-state index contributed by atoms with van der Waals surface area (Å²) in [4.78, 5) is 21.3. The number of carboxylic acid groups (broad SMARTS) is 1. The first-order chi connectivity index (χ1) is 9.90. The molecule has 7 heteroatoms. The van der Waals surface area contributed by atoms with Gasteiger partial charge in [0.05, 0.1) is 10.5 Å². The number of nitro groups is 1. The topological polar surface area (TPSA) is 92.5 Å². The number of carbonyl (C=O) groups is 1. The molecule has 0 fully saturated rings. The molecule has 0 unspecified atom stereocenters. The third-order valence-corrected chi connectivity index (χ3v) is 3.39. The number of nitrogens with zero attached hydrogens (tertiary/aromatic N) is 1. The van der Waals surface area contributed by atoms with Gasteiger partial charge in [-0.1, -0.05) is 17.7 Å². The molecule has 0 heterocycles. The van der Waals surface area contributed by atoms with Gasteiger partial charge in [-0.25, -0.2) is 4.79 Å². The summed E-state index contributed by atoms with van der Waals surface area (Å²) in [6, 6.07) is 8.85. The third kappa shape index (κ3) is 3.11. The van der Waals surface area contributed by atoms with Gasteiger partial charge in [-0.05, 0) is 36.8 Å². The Labute approximate surface area is 125 Å². The zero-order valence-corrected chi connectivity index (χ0v) is 11.7. The first-order valence-electron chi connectivity index (χ1n) is 5.94. The van der Waals surface area contributed by atoms with Crippen molar-refractivity contribution < 1.29 is 14.8 Å². The van der Waals surface area contributed by atoms with E-state index < -0.39 is 10.9 Å². The Hall–Kier alpha value is -2.60. The SMILES string of the molecule is Cc1c(Cl)cccc1Nc1ccc(C(=O)O)cc1[N+](=O)[O-]. The van der Waals surface area contributed by atoms with Crippen molar-refractivity contribution in [3.05, 3.63) is 62.7 Å². The quantitative estimate of drug-likeness (QED) is 0.658. The average Bonchev–Trinajstić information content (AvgIpc) is 2.43. The minimum absolute atomic E-state index is 0.143. The summed E-state index contributed by atoms with van der Waals surface area (Å²) < 4.78 is 0. The van der Waals surface area contributed by atoms with E-state index in [0.717, 1.165) is 11.6 Å². The Morgan fingerprint density at radius 2 is 2.00 bits per heavy atom. The molecule has 2 rings (SSSR count). The summed E-state index contributed by atoms with van der Waals surface area (Å²) in [6.45, 7) is 1.78. The summed E-state index contributed by atoms with van der Waals surface area (Å²) in [5, 5.41) is 23.4. The maximum atomic E-state index is 11.1. The van der Waals surface area contributed by atoms with Crippen LogP contribution in [0.2, 0.25) is 5.02 Å². The van der Waals surface area contributed by atoms with Crippen molar-refractivity contribution in [1.29, 1.82) is 0 Å². The van der Waals surface area contributed by atoms with Crippen LogP contribution in [0.25, 0.3) is 0 Å². The van der Waals surface area contributed by atoms with Gasteiger partial charge in [0.1, 0.15) is 5.69 Å². The first kappa shape index (κ1) is 14.8. The van der Waals surface area contributed by atoms with Gasteiger partial charge in [0.25, 0.3) is 5.69 Å². The van der Waals surface area contributed by atoms with E-state index in [1.165, 1.54) is 12.1 Å². The van der Waals surface area contributed by atoms with Crippen LogP contribution in [0.3, 0.4) is 0 Å². The number of nitro benzene ring substituents is 1. The van der Waals surface area contributed by atoms with Crippen LogP contribution in [0, 0.1) is 17.0 Å². The van der Waals surface area contributed by atoms with Crippen LogP contribution < -0.4 is 5.32 Å². The lowest BCUT2D eigenvalue weighted by molar-refractivity contribution is -0.383. The molecule has 0 bridgehead atoms. The van der Waals surface area contributed by atoms with Crippen LogP contribution in [0.15, 0.2) is 36.4 Å². The minimum atomic E-state index is -1.22. The van der Waals surface area contributed by atoms with Crippen molar-refractivity contribution in [2.75, 3.05) is 5.32 Å². The van der Waals surface area contributed by atoms with Crippen molar-refractivity contribution in [2.45, 2.75) is 6.92 Å². The number of hydrogen-bond donors (Lipinski definition) is 2. The molecular formula is C14H11ClN2O4. The number of rotatable bonds is 4. The maximum absolute atomic E-state index is 11.1. The maximum Gasteiger partial charge on any atom is 0.335 e. The summed E-state index contributed by atoms with van der Waals surface area (Å²) in [5.41, 5.74) is 1.11. The second kappa shape index (κ2) is 5.80. The molecule has 6 nitrogen and oxygen atoms in total. The van der Waals surface area contributed by atoms with Gasteiger partial charge >= 0.3 is 5.97 Å². The molecule has 0 saturated heterocycles. The van der Waals surface area contributed by atoms with Crippen LogP contribution in [0.1, 0.15) is 15.9 Å². The molecule has 0 aliphatic heterocycles. The predicted octanol–water partition coefficient (Wildman–Crippen LogP) is 4.00. The van der Waals surface area contributed by atoms with E-state index in [2.05, 4.69) is 5.32 Å². The lowest BCUT2D eigenvalue weighted by Crippen LogP contribution is -2.02. The summed E-state index contributed by atoms with van der Waals surface area (Å²) >= 11 is 6.00. The molecule has 108 valence electrons. The third-order valence-electron chi connectivity index (χ3n) is 2.98. The fourth-order valence-electron chi connectivity index (χ4n) is 1.81. The molecule has 0 spiro atoms. The fraction of sp³-hybridized carbons (Fsp3) is 0.0714. The highest BCUT2D eigenvalue weighted by Crippen LogP contribution is 2.31. The number of carboxylic acids is 1. The number of benzene rings is 2. The molecule has 0 radical (unpaired) electrons. The molecular weight excluding hydrogens is 296 g/mol. The molecule has 2 N–H and O–H groups in total. The van der Waals surface area contributed by atoms with Crippen molar-refractivity contribution in [3.8, 4) is 0 Å². The summed E-state index contributed by atoms with van der Waals surface area (Å²) in [6.07, 6.45) is 0. The lowest BCUT2D eigenvalue weighted by Gasteiger charge is -2.11. The van der Waals surface area contributed by atoms with Gasteiger partial charge in [-0.2, -0.15) is 0 Å². The monoisotopic (exact) mass is 306 g/mol. The van der Waals surface area contributed by atoms with Gasteiger partial charge in [0, 0.05) is 16.8 Å². The molecule has 0 saturated carbocycles. The number of nitrogens with one attached hydrogen (secondary N) is 1. The van der Waals surface area contributed by atoms with E-state index in [-0.39, 0.29) is 16.9 Å². The van der Waals surface area contributed by atoms with Gasteiger partial charge in [-0.15, -0.1) is 0 Å². The number of hydrogen-bond acceptors (Lipinski definition) is 4. The average molecular weight is 307 g/mol. The van der Waals surface area contributed by atoms with E-state index in [1.54, 1.807) is 25.1 Å². The highest BCUT2D eigenvalue weighted by Gasteiger charge is 2.18. The summed E-state index contributed by atoms with van der Waals surface area (Å²) in [7, 11) is 0. The Kier molecular flexibility index (Phi) is 4.09. The van der Waals surface area contributed by atoms with Crippen LogP contribution >= 0.6 is 11.6 Å². The van der Waals surface area contributed by atoms with E-state index in [1.807, 2.05) is 0 Å². The van der Waals surface area contributed by atoms with Crippen LogP contribution in [0.5, 0.6) is 0 Å². The number of aromatic carboxylic acids is 1. The zero-order chi connectivity index (χ0) is 15.6. The first-order valence-corrected chi connectivity index (χ1v) is 6.32. The summed E-state index contributed by atoms with van der Waals surface area (Å²) in [5.74, 6) is -1.22. The molecule has 0 aliphatic carbocycles. The Balaban J connectivity index is 2.46. The fourth-order valence-corrected chi connectivity index (χ4v) is 1.98. The molecule has 2 aromatic carbocycles.